The van der Waals surface area contributed by atoms with Crippen molar-refractivity contribution in [1.29, 1.82) is 0 Å². The number of rotatable bonds is 4. The van der Waals surface area contributed by atoms with Gasteiger partial charge >= 0.3 is 0 Å². The van der Waals surface area contributed by atoms with Crippen molar-refractivity contribution in [3.05, 3.63) is 58.6 Å². The highest BCUT2D eigenvalue weighted by Gasteiger charge is 2.40. The topological polar surface area (TPSA) is 45.7 Å². The molecule has 0 aliphatic carbocycles. The summed E-state index contributed by atoms with van der Waals surface area (Å²) in [6.45, 7) is 5.05. The Bertz CT molecular complexity index is 768. The number of nitrogens with zero attached hydrogens (tertiary/aromatic N) is 3. The van der Waals surface area contributed by atoms with Gasteiger partial charge in [0.2, 0.25) is 5.91 Å². The zero-order valence-electron chi connectivity index (χ0n) is 15.4. The number of carbonyl (C=O) groups is 1. The Hall–Kier alpha value is -2.02. The summed E-state index contributed by atoms with van der Waals surface area (Å²) in [7, 11) is 0. The maximum Gasteiger partial charge on any atom is 0.246 e. The summed E-state index contributed by atoms with van der Waals surface area (Å²) in [4.78, 5) is 22.2. The molecule has 4 rings (SSSR count). The third-order valence-electron chi connectivity index (χ3n) is 5.38. The van der Waals surface area contributed by atoms with Crippen LogP contribution in [0.1, 0.15) is 23.3 Å². The summed E-state index contributed by atoms with van der Waals surface area (Å²) in [5.41, 5.74) is 1.12. The molecule has 0 atom stereocenters. The van der Waals surface area contributed by atoms with E-state index in [1.165, 1.54) is 5.56 Å². The first-order valence-corrected chi connectivity index (χ1v) is 10.4. The number of carbonyl (C=O) groups excluding carboxylic acids is 1. The molecule has 0 N–H and O–H groups in total. The van der Waals surface area contributed by atoms with Crippen LogP contribution in [0.15, 0.2) is 48.1 Å². The van der Waals surface area contributed by atoms with Crippen LogP contribution in [0.3, 0.4) is 0 Å². The Morgan fingerprint density at radius 3 is 2.89 bits per heavy atom. The molecular weight excluding hydrogens is 358 g/mol. The van der Waals surface area contributed by atoms with Crippen LogP contribution in [-0.4, -0.2) is 59.1 Å². The zero-order chi connectivity index (χ0) is 18.5. The van der Waals surface area contributed by atoms with Crippen molar-refractivity contribution in [1.82, 2.24) is 14.8 Å². The molecule has 2 fully saturated rings. The van der Waals surface area contributed by atoms with Crippen LogP contribution in [0.2, 0.25) is 0 Å². The van der Waals surface area contributed by atoms with Gasteiger partial charge in [0.05, 0.1) is 12.2 Å². The average Bonchev–Trinajstić information content (AvgIpc) is 3.21. The average molecular weight is 384 g/mol. The molecule has 1 amide bonds. The van der Waals surface area contributed by atoms with E-state index < -0.39 is 0 Å². The molecule has 0 unspecified atom stereocenters. The molecule has 142 valence electrons. The van der Waals surface area contributed by atoms with Crippen molar-refractivity contribution in [3.63, 3.8) is 0 Å². The number of piperidine rings is 1. The van der Waals surface area contributed by atoms with E-state index in [2.05, 4.69) is 16.0 Å². The molecule has 2 saturated heterocycles. The number of morpholine rings is 1. The van der Waals surface area contributed by atoms with Gasteiger partial charge in [0.25, 0.3) is 0 Å². The van der Waals surface area contributed by atoms with Gasteiger partial charge in [-0.05, 0) is 42.0 Å². The lowest BCUT2D eigenvalue weighted by Crippen LogP contribution is -2.57. The van der Waals surface area contributed by atoms with Crippen molar-refractivity contribution in [2.24, 2.45) is 0 Å². The Balaban J connectivity index is 1.31. The van der Waals surface area contributed by atoms with Crippen LogP contribution in [0.25, 0.3) is 6.08 Å². The molecule has 0 bridgehead atoms. The van der Waals surface area contributed by atoms with Gasteiger partial charge in [0.1, 0.15) is 0 Å². The van der Waals surface area contributed by atoms with E-state index in [-0.39, 0.29) is 11.5 Å². The highest BCUT2D eigenvalue weighted by atomic mass is 32.1. The third-order valence-corrected chi connectivity index (χ3v) is 6.21. The predicted molar refractivity (Wildman–Crippen MR) is 107 cm³/mol. The first-order valence-electron chi connectivity index (χ1n) is 9.48. The van der Waals surface area contributed by atoms with E-state index >= 15 is 0 Å². The minimum absolute atomic E-state index is 0.0984. The molecule has 5 nitrogen and oxygen atoms in total. The summed E-state index contributed by atoms with van der Waals surface area (Å²) in [6, 6.07) is 8.12. The number of pyridine rings is 1. The Morgan fingerprint density at radius 2 is 2.15 bits per heavy atom. The van der Waals surface area contributed by atoms with E-state index in [0.717, 1.165) is 57.0 Å². The molecule has 27 heavy (non-hydrogen) atoms. The van der Waals surface area contributed by atoms with Crippen molar-refractivity contribution in [2.45, 2.75) is 25.0 Å². The van der Waals surface area contributed by atoms with Crippen LogP contribution in [0, 0.1) is 0 Å². The molecule has 2 aromatic rings. The van der Waals surface area contributed by atoms with Crippen LogP contribution in [0.5, 0.6) is 0 Å². The van der Waals surface area contributed by atoms with Gasteiger partial charge in [-0.1, -0.05) is 12.1 Å². The lowest BCUT2D eigenvalue weighted by Gasteiger charge is -2.47. The molecule has 6 heteroatoms. The number of hydrogen-bond acceptors (Lipinski definition) is 5. The van der Waals surface area contributed by atoms with Crippen molar-refractivity contribution >= 4 is 23.3 Å². The number of likely N-dealkylation sites (tertiary alicyclic amines) is 1. The Kier molecular flexibility index (Phi) is 5.66. The Labute approximate surface area is 164 Å². The van der Waals surface area contributed by atoms with E-state index in [0.29, 0.717) is 0 Å². The largest absolute Gasteiger partial charge is 0.372 e. The molecule has 2 aliphatic heterocycles. The molecule has 2 aromatic heterocycles. The fraction of sp³-hybridized carbons (Fsp3) is 0.429. The highest BCUT2D eigenvalue weighted by molar-refractivity contribution is 7.10. The summed E-state index contributed by atoms with van der Waals surface area (Å²) >= 11 is 1.64. The smallest absolute Gasteiger partial charge is 0.246 e. The lowest BCUT2D eigenvalue weighted by molar-refractivity contribution is -0.148. The third kappa shape index (κ3) is 4.64. The van der Waals surface area contributed by atoms with Gasteiger partial charge in [-0.25, -0.2) is 0 Å². The lowest BCUT2D eigenvalue weighted by atomic mass is 9.89. The van der Waals surface area contributed by atoms with Gasteiger partial charge in [0, 0.05) is 56.1 Å². The predicted octanol–water partition coefficient (Wildman–Crippen LogP) is 3.05. The molecular formula is C21H25N3O2S. The maximum absolute atomic E-state index is 12.5. The molecule has 1 spiro atoms. The molecule has 2 aliphatic rings. The van der Waals surface area contributed by atoms with Gasteiger partial charge < -0.3 is 9.64 Å². The van der Waals surface area contributed by atoms with Crippen molar-refractivity contribution in [3.8, 4) is 0 Å². The second kappa shape index (κ2) is 8.33. The van der Waals surface area contributed by atoms with Crippen molar-refractivity contribution < 1.29 is 9.53 Å². The molecule has 0 radical (unpaired) electrons. The minimum atomic E-state index is -0.116. The summed E-state index contributed by atoms with van der Waals surface area (Å²) < 4.78 is 6.21. The van der Waals surface area contributed by atoms with E-state index in [1.807, 2.05) is 46.9 Å². The first-order chi connectivity index (χ1) is 13.2. The highest BCUT2D eigenvalue weighted by Crippen LogP contribution is 2.31. The van der Waals surface area contributed by atoms with Crippen molar-refractivity contribution in [2.75, 3.05) is 32.8 Å². The quantitative estimate of drug-likeness (QED) is 0.762. The van der Waals surface area contributed by atoms with Crippen LogP contribution >= 0.6 is 11.3 Å². The monoisotopic (exact) mass is 383 g/mol. The van der Waals surface area contributed by atoms with Gasteiger partial charge in [-0.3, -0.25) is 14.7 Å². The van der Waals surface area contributed by atoms with Crippen LogP contribution in [-0.2, 0) is 16.1 Å². The SMILES string of the molecule is O=C(/C=C/c1cccs1)N1CCC2(CC1)CN(Cc1cccnc1)CCO2. The molecule has 0 aromatic carbocycles. The van der Waals surface area contributed by atoms with E-state index in [9.17, 15) is 4.79 Å². The first kappa shape index (κ1) is 18.3. The fourth-order valence-corrected chi connectivity index (χ4v) is 4.51. The fourth-order valence-electron chi connectivity index (χ4n) is 3.89. The Morgan fingerprint density at radius 1 is 1.26 bits per heavy atom. The summed E-state index contributed by atoms with van der Waals surface area (Å²) in [5.74, 6) is 0.0984. The molecule has 0 saturated carbocycles. The summed E-state index contributed by atoms with van der Waals surface area (Å²) in [5, 5.41) is 2.02. The zero-order valence-corrected chi connectivity index (χ0v) is 16.2. The number of thiophene rings is 1. The molecule has 4 heterocycles. The van der Waals surface area contributed by atoms with Gasteiger partial charge in [-0.15, -0.1) is 11.3 Å². The number of hydrogen-bond donors (Lipinski definition) is 0. The van der Waals surface area contributed by atoms with E-state index in [1.54, 1.807) is 17.4 Å². The minimum Gasteiger partial charge on any atom is -0.372 e. The van der Waals surface area contributed by atoms with E-state index in [4.69, 9.17) is 4.74 Å². The second-order valence-electron chi connectivity index (χ2n) is 7.28. The van der Waals surface area contributed by atoms with Crippen LogP contribution < -0.4 is 0 Å². The standard InChI is InChI=1S/C21H25N3O2S/c25-20(6-5-19-4-2-14-27-19)24-10-7-21(8-11-24)17-23(12-13-26-21)16-18-3-1-9-22-15-18/h1-6,9,14-15H,7-8,10-13,16-17H2/b6-5+. The normalized spacial score (nSPS) is 20.4. The number of amides is 1. The number of ether oxygens (including phenoxy) is 1. The van der Waals surface area contributed by atoms with Crippen LogP contribution in [0.4, 0.5) is 0 Å². The number of aromatic nitrogens is 1. The van der Waals surface area contributed by atoms with Gasteiger partial charge in [-0.2, -0.15) is 0 Å². The summed E-state index contributed by atoms with van der Waals surface area (Å²) in [6.07, 6.45) is 9.14. The second-order valence-corrected chi connectivity index (χ2v) is 8.26. The van der Waals surface area contributed by atoms with Gasteiger partial charge in [0.15, 0.2) is 0 Å². The maximum atomic E-state index is 12.5.